The largest absolute Gasteiger partial charge is 0.307 e. The second-order valence-electron chi connectivity index (χ2n) is 6.72. The highest BCUT2D eigenvalue weighted by Gasteiger charge is 2.38. The number of rotatable bonds is 2. The van der Waals surface area contributed by atoms with Gasteiger partial charge in [-0.25, -0.2) is 0 Å². The average Bonchev–Trinajstić information content (AvgIpc) is 2.65. The third-order valence-corrected chi connectivity index (χ3v) is 3.68. The van der Waals surface area contributed by atoms with Crippen molar-refractivity contribution in [3.05, 3.63) is 35.4 Å². The van der Waals surface area contributed by atoms with Gasteiger partial charge in [0.25, 0.3) is 0 Å². The molecule has 1 unspecified atom stereocenters. The molecule has 0 spiro atoms. The number of nitrogens with one attached hydrogen (secondary N) is 1. The first-order valence-corrected chi connectivity index (χ1v) is 6.74. The lowest BCUT2D eigenvalue weighted by atomic mass is 9.75. The summed E-state index contributed by atoms with van der Waals surface area (Å²) in [4.78, 5) is 0. The summed E-state index contributed by atoms with van der Waals surface area (Å²) in [5.41, 5.74) is 3.39. The minimum absolute atomic E-state index is 0.214. The standard InChI is InChI=1S/C16H25N/c1-13-6-8-14(9-7-13)16(10-5-11-17-16)12-15(2,3)4/h6-9,17H,5,10-12H2,1-4H3. The highest BCUT2D eigenvalue weighted by Crippen LogP contribution is 2.40. The van der Waals surface area contributed by atoms with Crippen molar-refractivity contribution in [3.8, 4) is 0 Å². The zero-order chi connectivity index (χ0) is 12.5. The highest BCUT2D eigenvalue weighted by atomic mass is 15.0. The smallest absolute Gasteiger partial charge is 0.0440 e. The molecule has 1 saturated heterocycles. The summed E-state index contributed by atoms with van der Waals surface area (Å²) in [5, 5.41) is 3.76. The van der Waals surface area contributed by atoms with Crippen LogP contribution < -0.4 is 5.32 Å². The third-order valence-electron chi connectivity index (χ3n) is 3.68. The molecule has 1 aliphatic rings. The van der Waals surface area contributed by atoms with E-state index in [1.807, 2.05) is 0 Å². The van der Waals surface area contributed by atoms with E-state index in [0.717, 1.165) is 6.54 Å². The number of benzene rings is 1. The van der Waals surface area contributed by atoms with E-state index in [9.17, 15) is 0 Å². The van der Waals surface area contributed by atoms with E-state index in [2.05, 4.69) is 57.3 Å². The van der Waals surface area contributed by atoms with E-state index in [1.54, 1.807) is 0 Å². The van der Waals surface area contributed by atoms with Crippen molar-refractivity contribution in [1.82, 2.24) is 5.32 Å². The Hall–Kier alpha value is -0.820. The zero-order valence-corrected chi connectivity index (χ0v) is 11.6. The van der Waals surface area contributed by atoms with Gasteiger partial charge in [0.05, 0.1) is 0 Å². The zero-order valence-electron chi connectivity index (χ0n) is 11.6. The lowest BCUT2D eigenvalue weighted by Gasteiger charge is -2.36. The first-order chi connectivity index (χ1) is 7.91. The van der Waals surface area contributed by atoms with Crippen LogP contribution in [0.4, 0.5) is 0 Å². The molecule has 2 rings (SSSR count). The van der Waals surface area contributed by atoms with Crippen LogP contribution in [-0.2, 0) is 5.54 Å². The van der Waals surface area contributed by atoms with Crippen LogP contribution in [0.15, 0.2) is 24.3 Å². The molecule has 0 aliphatic carbocycles. The summed E-state index contributed by atoms with van der Waals surface area (Å²) >= 11 is 0. The Morgan fingerprint density at radius 3 is 2.29 bits per heavy atom. The van der Waals surface area contributed by atoms with Crippen molar-refractivity contribution in [2.24, 2.45) is 5.41 Å². The van der Waals surface area contributed by atoms with Gasteiger partial charge in [0, 0.05) is 5.54 Å². The molecule has 0 bridgehead atoms. The molecule has 0 saturated carbocycles. The second-order valence-corrected chi connectivity index (χ2v) is 6.72. The Labute approximate surface area is 106 Å². The van der Waals surface area contributed by atoms with Crippen LogP contribution in [0.2, 0.25) is 0 Å². The Balaban J connectivity index is 2.31. The van der Waals surface area contributed by atoms with Gasteiger partial charge in [-0.3, -0.25) is 0 Å². The van der Waals surface area contributed by atoms with Gasteiger partial charge in [-0.1, -0.05) is 50.6 Å². The molecule has 0 radical (unpaired) electrons. The van der Waals surface area contributed by atoms with Crippen molar-refractivity contribution < 1.29 is 0 Å². The number of aryl methyl sites for hydroxylation is 1. The number of hydrogen-bond donors (Lipinski definition) is 1. The van der Waals surface area contributed by atoms with Crippen molar-refractivity contribution in [3.63, 3.8) is 0 Å². The molecule has 1 fully saturated rings. The Morgan fingerprint density at radius 2 is 1.82 bits per heavy atom. The van der Waals surface area contributed by atoms with E-state index in [1.165, 1.54) is 30.4 Å². The maximum absolute atomic E-state index is 3.76. The Morgan fingerprint density at radius 1 is 1.18 bits per heavy atom. The molecule has 1 N–H and O–H groups in total. The average molecular weight is 231 g/mol. The molecule has 1 aliphatic heterocycles. The molecule has 17 heavy (non-hydrogen) atoms. The van der Waals surface area contributed by atoms with Crippen LogP contribution in [0.5, 0.6) is 0 Å². The van der Waals surface area contributed by atoms with Gasteiger partial charge in [-0.2, -0.15) is 0 Å². The molecule has 1 atom stereocenters. The lowest BCUT2D eigenvalue weighted by Crippen LogP contribution is -2.40. The van der Waals surface area contributed by atoms with E-state index >= 15 is 0 Å². The molecule has 1 nitrogen and oxygen atoms in total. The third kappa shape index (κ3) is 2.90. The fourth-order valence-electron chi connectivity index (χ4n) is 3.08. The van der Waals surface area contributed by atoms with Gasteiger partial charge in [-0.05, 0) is 43.7 Å². The van der Waals surface area contributed by atoms with E-state index in [4.69, 9.17) is 0 Å². The summed E-state index contributed by atoms with van der Waals surface area (Å²) in [6, 6.07) is 9.08. The fourth-order valence-corrected chi connectivity index (χ4v) is 3.08. The van der Waals surface area contributed by atoms with Gasteiger partial charge in [0.15, 0.2) is 0 Å². The summed E-state index contributed by atoms with van der Waals surface area (Å²) in [6.45, 7) is 10.3. The van der Waals surface area contributed by atoms with Crippen LogP contribution in [0.3, 0.4) is 0 Å². The van der Waals surface area contributed by atoms with Crippen molar-refractivity contribution in [2.45, 2.75) is 52.5 Å². The monoisotopic (exact) mass is 231 g/mol. The molecule has 0 aromatic heterocycles. The quantitative estimate of drug-likeness (QED) is 0.811. The van der Waals surface area contributed by atoms with Crippen molar-refractivity contribution >= 4 is 0 Å². The summed E-state index contributed by atoms with van der Waals surface area (Å²) in [5.74, 6) is 0. The minimum Gasteiger partial charge on any atom is -0.307 e. The van der Waals surface area contributed by atoms with Gasteiger partial charge in [0.2, 0.25) is 0 Å². The SMILES string of the molecule is Cc1ccc(C2(CC(C)(C)C)CCCN2)cc1. The topological polar surface area (TPSA) is 12.0 Å². The van der Waals surface area contributed by atoms with Gasteiger partial charge in [-0.15, -0.1) is 0 Å². The first kappa shape index (κ1) is 12.6. The van der Waals surface area contributed by atoms with Crippen LogP contribution in [-0.4, -0.2) is 6.54 Å². The summed E-state index contributed by atoms with van der Waals surface area (Å²) < 4.78 is 0. The molecule has 0 amide bonds. The van der Waals surface area contributed by atoms with Crippen LogP contribution in [0.1, 0.15) is 51.2 Å². The maximum Gasteiger partial charge on any atom is 0.0440 e. The van der Waals surface area contributed by atoms with Crippen LogP contribution >= 0.6 is 0 Å². The van der Waals surface area contributed by atoms with Crippen LogP contribution in [0.25, 0.3) is 0 Å². The predicted octanol–water partition coefficient (Wildman–Crippen LogP) is 4.01. The van der Waals surface area contributed by atoms with Crippen molar-refractivity contribution in [1.29, 1.82) is 0 Å². The molecule has 1 aromatic rings. The molecular formula is C16H25N. The summed E-state index contributed by atoms with van der Waals surface area (Å²) in [6.07, 6.45) is 3.78. The molecular weight excluding hydrogens is 206 g/mol. The summed E-state index contributed by atoms with van der Waals surface area (Å²) in [7, 11) is 0. The van der Waals surface area contributed by atoms with E-state index in [-0.39, 0.29) is 5.54 Å². The fraction of sp³-hybridized carbons (Fsp3) is 0.625. The Kier molecular flexibility index (Phi) is 3.31. The number of hydrogen-bond acceptors (Lipinski definition) is 1. The Bertz CT molecular complexity index is 364. The minimum atomic E-state index is 0.214. The second kappa shape index (κ2) is 4.45. The first-order valence-electron chi connectivity index (χ1n) is 6.74. The van der Waals surface area contributed by atoms with E-state index < -0.39 is 0 Å². The molecule has 1 heteroatoms. The van der Waals surface area contributed by atoms with Gasteiger partial charge < -0.3 is 5.32 Å². The molecule has 1 aromatic carbocycles. The van der Waals surface area contributed by atoms with Gasteiger partial charge in [0.1, 0.15) is 0 Å². The maximum atomic E-state index is 3.76. The molecule has 1 heterocycles. The van der Waals surface area contributed by atoms with E-state index in [0.29, 0.717) is 5.41 Å². The predicted molar refractivity (Wildman–Crippen MR) is 74.2 cm³/mol. The highest BCUT2D eigenvalue weighted by molar-refractivity contribution is 5.29. The van der Waals surface area contributed by atoms with Crippen molar-refractivity contribution in [2.75, 3.05) is 6.54 Å². The van der Waals surface area contributed by atoms with Crippen LogP contribution in [0, 0.1) is 12.3 Å². The van der Waals surface area contributed by atoms with Gasteiger partial charge >= 0.3 is 0 Å². The normalized spacial score (nSPS) is 25.2. The molecule has 94 valence electrons. The lowest BCUT2D eigenvalue weighted by molar-refractivity contribution is 0.232.